The topological polar surface area (TPSA) is 97.5 Å². The molecule has 0 aromatic carbocycles. The van der Waals surface area contributed by atoms with Crippen molar-refractivity contribution in [3.8, 4) is 0 Å². The van der Waals surface area contributed by atoms with Gasteiger partial charge in [-0.05, 0) is 6.42 Å². The first-order valence-electron chi connectivity index (χ1n) is 5.73. The SMILES string of the molecule is CCCC(=O)CSSCC(N)C(=O)CCC(=O)O.[Br-]. The lowest BCUT2D eigenvalue weighted by atomic mass is 10.1. The van der Waals surface area contributed by atoms with Crippen molar-refractivity contribution in [1.29, 1.82) is 0 Å². The zero-order valence-corrected chi connectivity index (χ0v) is 14.0. The van der Waals surface area contributed by atoms with E-state index < -0.39 is 12.0 Å². The Bertz CT molecular complexity index is 302. The first-order valence-corrected chi connectivity index (χ1v) is 8.22. The Labute approximate surface area is 131 Å². The quantitative estimate of drug-likeness (QED) is 0.336. The molecule has 0 aliphatic rings. The standard InChI is InChI=1S/C11H19NO4S2.BrH/c1-2-3-8(13)6-17-18-7-9(12)10(14)4-5-11(15)16;/h9H,2-7,12H2,1H3,(H,15,16);1H/p-1. The fourth-order valence-corrected chi connectivity index (χ4v) is 3.25. The lowest BCUT2D eigenvalue weighted by molar-refractivity contribution is -0.138. The molecule has 0 saturated heterocycles. The fraction of sp³-hybridized carbons (Fsp3) is 0.727. The van der Waals surface area contributed by atoms with E-state index in [1.807, 2.05) is 6.92 Å². The summed E-state index contributed by atoms with van der Waals surface area (Å²) in [5.41, 5.74) is 5.62. The molecule has 19 heavy (non-hydrogen) atoms. The van der Waals surface area contributed by atoms with E-state index in [1.165, 1.54) is 21.6 Å². The van der Waals surface area contributed by atoms with Crippen LogP contribution in [0.25, 0.3) is 0 Å². The third kappa shape index (κ3) is 12.7. The summed E-state index contributed by atoms with van der Waals surface area (Å²) in [7, 11) is 2.77. The van der Waals surface area contributed by atoms with Gasteiger partial charge < -0.3 is 27.8 Å². The molecule has 0 fully saturated rings. The number of rotatable bonds is 11. The van der Waals surface area contributed by atoms with Crippen LogP contribution in [0.1, 0.15) is 32.6 Å². The van der Waals surface area contributed by atoms with Gasteiger partial charge in [-0.15, -0.1) is 0 Å². The Morgan fingerprint density at radius 3 is 2.32 bits per heavy atom. The summed E-state index contributed by atoms with van der Waals surface area (Å²) in [4.78, 5) is 32.9. The van der Waals surface area contributed by atoms with Crippen LogP contribution < -0.4 is 22.7 Å². The molecule has 0 aromatic heterocycles. The molecule has 3 N–H and O–H groups in total. The lowest BCUT2D eigenvalue weighted by Gasteiger charge is -2.08. The molecule has 1 atom stereocenters. The van der Waals surface area contributed by atoms with E-state index in [1.54, 1.807) is 0 Å². The van der Waals surface area contributed by atoms with Gasteiger partial charge in [0.15, 0.2) is 5.78 Å². The van der Waals surface area contributed by atoms with Crippen molar-refractivity contribution in [3.05, 3.63) is 0 Å². The van der Waals surface area contributed by atoms with Crippen LogP contribution >= 0.6 is 21.6 Å². The molecule has 0 bridgehead atoms. The molecule has 0 saturated carbocycles. The van der Waals surface area contributed by atoms with Crippen LogP contribution in [0.15, 0.2) is 0 Å². The Kier molecular flexibility index (Phi) is 14.5. The summed E-state index contributed by atoms with van der Waals surface area (Å²) in [5, 5.41) is 8.43. The van der Waals surface area contributed by atoms with Crippen LogP contribution in [-0.4, -0.2) is 40.2 Å². The van der Waals surface area contributed by atoms with Crippen LogP contribution in [-0.2, 0) is 14.4 Å². The molecule has 5 nitrogen and oxygen atoms in total. The summed E-state index contributed by atoms with van der Waals surface area (Å²) >= 11 is 0. The first-order chi connectivity index (χ1) is 8.47. The molecule has 0 rings (SSSR count). The summed E-state index contributed by atoms with van der Waals surface area (Å²) in [6.07, 6.45) is 1.21. The highest BCUT2D eigenvalue weighted by atomic mass is 79.9. The number of Topliss-reactive ketones (excluding diaryl/α,β-unsaturated/α-hetero) is 2. The maximum atomic E-state index is 11.4. The second-order valence-electron chi connectivity index (χ2n) is 3.80. The van der Waals surface area contributed by atoms with Crippen molar-refractivity contribution >= 4 is 39.1 Å². The van der Waals surface area contributed by atoms with E-state index in [4.69, 9.17) is 10.8 Å². The Balaban J connectivity index is 0. The summed E-state index contributed by atoms with van der Waals surface area (Å²) in [6.45, 7) is 1.95. The first kappa shape index (κ1) is 21.3. The van der Waals surface area contributed by atoms with Gasteiger partial charge in [0.2, 0.25) is 0 Å². The number of carboxylic acids is 1. The fourth-order valence-electron chi connectivity index (χ4n) is 1.09. The van der Waals surface area contributed by atoms with Gasteiger partial charge in [0.25, 0.3) is 0 Å². The van der Waals surface area contributed by atoms with Crippen LogP contribution in [0, 0.1) is 0 Å². The molecule has 8 heteroatoms. The van der Waals surface area contributed by atoms with Gasteiger partial charge in [-0.2, -0.15) is 0 Å². The summed E-state index contributed by atoms with van der Waals surface area (Å²) in [5.74, 6) is -0.217. The highest BCUT2D eigenvalue weighted by Crippen LogP contribution is 2.22. The van der Waals surface area contributed by atoms with E-state index in [9.17, 15) is 14.4 Å². The van der Waals surface area contributed by atoms with E-state index >= 15 is 0 Å². The molecule has 112 valence electrons. The smallest absolute Gasteiger partial charge is 0.303 e. The number of halogens is 1. The maximum Gasteiger partial charge on any atom is 0.303 e. The van der Waals surface area contributed by atoms with Gasteiger partial charge in [0.1, 0.15) is 5.78 Å². The van der Waals surface area contributed by atoms with Crippen molar-refractivity contribution in [2.75, 3.05) is 11.5 Å². The number of carbonyl (C=O) groups excluding carboxylic acids is 2. The number of hydrogen-bond donors (Lipinski definition) is 2. The van der Waals surface area contributed by atoms with Crippen molar-refractivity contribution in [2.24, 2.45) is 5.73 Å². The van der Waals surface area contributed by atoms with Gasteiger partial charge >= 0.3 is 5.97 Å². The molecule has 0 aromatic rings. The maximum absolute atomic E-state index is 11.4. The van der Waals surface area contributed by atoms with Crippen LogP contribution in [0.2, 0.25) is 0 Å². The zero-order chi connectivity index (χ0) is 14.0. The lowest BCUT2D eigenvalue weighted by Crippen LogP contribution is -3.00. The van der Waals surface area contributed by atoms with Gasteiger partial charge in [0, 0.05) is 18.6 Å². The van der Waals surface area contributed by atoms with Crippen LogP contribution in [0.5, 0.6) is 0 Å². The van der Waals surface area contributed by atoms with E-state index in [0.29, 0.717) is 17.9 Å². The second-order valence-corrected chi connectivity index (χ2v) is 6.31. The normalized spacial score (nSPS) is 11.5. The molecule has 1 unspecified atom stereocenters. The van der Waals surface area contributed by atoms with Gasteiger partial charge in [-0.25, -0.2) is 0 Å². The molecule has 0 spiro atoms. The minimum absolute atomic E-state index is 0. The largest absolute Gasteiger partial charge is 1.00 e. The molecule has 0 aliphatic heterocycles. The third-order valence-electron chi connectivity index (χ3n) is 2.08. The van der Waals surface area contributed by atoms with Crippen molar-refractivity contribution < 1.29 is 36.5 Å². The molecular weight excluding hydrogens is 354 g/mol. The Hall–Kier alpha value is -0.0500. The van der Waals surface area contributed by atoms with Gasteiger partial charge in [-0.3, -0.25) is 14.4 Å². The monoisotopic (exact) mass is 372 g/mol. The zero-order valence-electron chi connectivity index (χ0n) is 10.8. The second kappa shape index (κ2) is 13.0. The molecule has 0 heterocycles. The van der Waals surface area contributed by atoms with Crippen molar-refractivity contribution in [3.63, 3.8) is 0 Å². The third-order valence-corrected chi connectivity index (χ3v) is 4.44. The van der Waals surface area contributed by atoms with E-state index in [2.05, 4.69) is 0 Å². The summed E-state index contributed by atoms with van der Waals surface area (Å²) < 4.78 is 0. The van der Waals surface area contributed by atoms with Crippen LogP contribution in [0.4, 0.5) is 0 Å². The number of aliphatic carboxylic acids is 1. The Morgan fingerprint density at radius 1 is 1.16 bits per heavy atom. The van der Waals surface area contributed by atoms with E-state index in [0.717, 1.165) is 6.42 Å². The van der Waals surface area contributed by atoms with Crippen LogP contribution in [0.3, 0.4) is 0 Å². The highest BCUT2D eigenvalue weighted by molar-refractivity contribution is 8.76. The van der Waals surface area contributed by atoms with Crippen molar-refractivity contribution in [1.82, 2.24) is 0 Å². The number of nitrogens with two attached hydrogens (primary N) is 1. The minimum Gasteiger partial charge on any atom is -1.00 e. The number of ketones is 2. The van der Waals surface area contributed by atoms with E-state index in [-0.39, 0.29) is 41.4 Å². The molecular formula is C11H19BrNO4S2-. The summed E-state index contributed by atoms with van der Waals surface area (Å²) in [6, 6.07) is -0.650. The average molecular weight is 373 g/mol. The Morgan fingerprint density at radius 2 is 1.79 bits per heavy atom. The van der Waals surface area contributed by atoms with Gasteiger partial charge in [-0.1, -0.05) is 28.5 Å². The predicted molar refractivity (Wildman–Crippen MR) is 74.7 cm³/mol. The molecule has 0 radical (unpaired) electrons. The average Bonchev–Trinajstić information content (AvgIpc) is 2.31. The number of carbonyl (C=O) groups is 3. The van der Waals surface area contributed by atoms with Gasteiger partial charge in [0.05, 0.1) is 18.2 Å². The molecule has 0 amide bonds. The predicted octanol–water partition coefficient (Wildman–Crippen LogP) is -1.50. The number of carboxylic acid groups (broad SMARTS) is 1. The molecule has 0 aliphatic carbocycles. The highest BCUT2D eigenvalue weighted by Gasteiger charge is 2.15. The number of hydrogen-bond acceptors (Lipinski definition) is 6. The van der Waals surface area contributed by atoms with Crippen molar-refractivity contribution in [2.45, 2.75) is 38.6 Å². The minimum atomic E-state index is -0.997.